The maximum atomic E-state index is 14.0. The molecule has 0 spiro atoms. The molecule has 0 saturated heterocycles. The van der Waals surface area contributed by atoms with Gasteiger partial charge < -0.3 is 10.2 Å². The quantitative estimate of drug-likeness (QED) is 0.280. The fraction of sp³-hybridized carbons (Fsp3) is 0.333. The average Bonchev–Trinajstić information content (AvgIpc) is 2.90. The highest BCUT2D eigenvalue weighted by molar-refractivity contribution is 14.1. The van der Waals surface area contributed by atoms with E-state index in [9.17, 15) is 18.0 Å². The SMILES string of the molecule is CC[C@@H](C)NC(=O)[C@@H](Cc1ccccc1)N(Cc1ccc(C)cc1)C(=O)CN(c1ccc(I)cc1)S(C)(=O)=O. The van der Waals surface area contributed by atoms with Crippen molar-refractivity contribution in [2.75, 3.05) is 17.1 Å². The first-order chi connectivity index (χ1) is 18.5. The molecular formula is C30H36IN3O4S. The maximum Gasteiger partial charge on any atom is 0.244 e. The van der Waals surface area contributed by atoms with Gasteiger partial charge in [-0.05, 0) is 78.3 Å². The number of carbonyl (C=O) groups excluding carboxylic acids is 2. The first kappa shape index (κ1) is 30.6. The van der Waals surface area contributed by atoms with E-state index in [4.69, 9.17) is 0 Å². The predicted molar refractivity (Wildman–Crippen MR) is 165 cm³/mol. The number of sulfonamides is 1. The zero-order valence-corrected chi connectivity index (χ0v) is 25.8. The molecule has 0 radical (unpaired) electrons. The van der Waals surface area contributed by atoms with Crippen LogP contribution in [0.2, 0.25) is 0 Å². The molecule has 0 bridgehead atoms. The van der Waals surface area contributed by atoms with Crippen LogP contribution in [0.5, 0.6) is 0 Å². The number of nitrogens with one attached hydrogen (secondary N) is 1. The van der Waals surface area contributed by atoms with Crippen LogP contribution in [-0.2, 0) is 32.6 Å². The first-order valence-corrected chi connectivity index (χ1v) is 15.8. The molecule has 0 aliphatic heterocycles. The van der Waals surface area contributed by atoms with Gasteiger partial charge in [0.05, 0.1) is 11.9 Å². The van der Waals surface area contributed by atoms with Crippen LogP contribution in [0.4, 0.5) is 5.69 Å². The summed E-state index contributed by atoms with van der Waals surface area (Å²) in [6.07, 6.45) is 2.12. The normalized spacial score (nSPS) is 12.8. The Kier molecular flexibility index (Phi) is 10.9. The smallest absolute Gasteiger partial charge is 0.244 e. The Hall–Kier alpha value is -2.92. The molecule has 0 heterocycles. The minimum absolute atomic E-state index is 0.0774. The fourth-order valence-electron chi connectivity index (χ4n) is 4.11. The molecule has 7 nitrogen and oxygen atoms in total. The van der Waals surface area contributed by atoms with E-state index < -0.39 is 28.5 Å². The maximum absolute atomic E-state index is 14.0. The van der Waals surface area contributed by atoms with Crippen molar-refractivity contribution in [2.45, 2.75) is 52.2 Å². The summed E-state index contributed by atoms with van der Waals surface area (Å²) >= 11 is 2.14. The topological polar surface area (TPSA) is 86.8 Å². The lowest BCUT2D eigenvalue weighted by Crippen LogP contribution is -2.54. The van der Waals surface area contributed by atoms with Gasteiger partial charge in [-0.1, -0.05) is 67.1 Å². The van der Waals surface area contributed by atoms with Gasteiger partial charge in [0, 0.05) is 22.6 Å². The zero-order chi connectivity index (χ0) is 28.6. The molecule has 3 aromatic rings. The van der Waals surface area contributed by atoms with Crippen LogP contribution in [-0.4, -0.2) is 50.0 Å². The van der Waals surface area contributed by atoms with Crippen LogP contribution in [0.15, 0.2) is 78.9 Å². The highest BCUT2D eigenvalue weighted by Crippen LogP contribution is 2.21. The zero-order valence-electron chi connectivity index (χ0n) is 22.8. The summed E-state index contributed by atoms with van der Waals surface area (Å²) in [5, 5.41) is 3.04. The van der Waals surface area contributed by atoms with Crippen LogP contribution in [0.3, 0.4) is 0 Å². The van der Waals surface area contributed by atoms with E-state index >= 15 is 0 Å². The van der Waals surface area contributed by atoms with E-state index in [1.165, 1.54) is 4.90 Å². The molecule has 3 aromatic carbocycles. The number of amides is 2. The van der Waals surface area contributed by atoms with Gasteiger partial charge in [-0.3, -0.25) is 13.9 Å². The highest BCUT2D eigenvalue weighted by Gasteiger charge is 2.33. The Balaban J connectivity index is 2.04. The van der Waals surface area contributed by atoms with Crippen molar-refractivity contribution in [1.29, 1.82) is 0 Å². The molecule has 208 valence electrons. The summed E-state index contributed by atoms with van der Waals surface area (Å²) in [6.45, 7) is 5.63. The third-order valence-corrected chi connectivity index (χ3v) is 8.40. The van der Waals surface area contributed by atoms with Crippen molar-refractivity contribution in [1.82, 2.24) is 10.2 Å². The molecule has 1 N–H and O–H groups in total. The monoisotopic (exact) mass is 661 g/mol. The number of halogens is 1. The van der Waals surface area contributed by atoms with Gasteiger partial charge in [0.2, 0.25) is 21.8 Å². The molecule has 2 amide bonds. The highest BCUT2D eigenvalue weighted by atomic mass is 127. The second-order valence-electron chi connectivity index (χ2n) is 9.78. The largest absolute Gasteiger partial charge is 0.352 e. The number of benzene rings is 3. The summed E-state index contributed by atoms with van der Waals surface area (Å²) in [6, 6.07) is 23.3. The molecule has 0 fully saturated rings. The predicted octanol–water partition coefficient (Wildman–Crippen LogP) is 4.92. The van der Waals surface area contributed by atoms with E-state index in [0.29, 0.717) is 12.1 Å². The molecule has 2 atom stereocenters. The van der Waals surface area contributed by atoms with Crippen LogP contribution in [0.1, 0.15) is 37.0 Å². The van der Waals surface area contributed by atoms with Gasteiger partial charge in [-0.25, -0.2) is 8.42 Å². The van der Waals surface area contributed by atoms with Crippen LogP contribution < -0.4 is 9.62 Å². The Bertz CT molecular complexity index is 1350. The Morgan fingerprint density at radius 2 is 1.54 bits per heavy atom. The van der Waals surface area contributed by atoms with Crippen molar-refractivity contribution in [3.8, 4) is 0 Å². The van der Waals surface area contributed by atoms with E-state index in [1.807, 2.05) is 75.4 Å². The fourth-order valence-corrected chi connectivity index (χ4v) is 5.32. The summed E-state index contributed by atoms with van der Waals surface area (Å²) in [7, 11) is -3.78. The lowest BCUT2D eigenvalue weighted by molar-refractivity contribution is -0.140. The van der Waals surface area contributed by atoms with Crippen LogP contribution in [0.25, 0.3) is 0 Å². The summed E-state index contributed by atoms with van der Waals surface area (Å²) in [5.74, 6) is -0.728. The summed E-state index contributed by atoms with van der Waals surface area (Å²) in [5.41, 5.74) is 3.23. The van der Waals surface area contributed by atoms with E-state index in [1.54, 1.807) is 24.3 Å². The van der Waals surface area contributed by atoms with Crippen LogP contribution >= 0.6 is 22.6 Å². The molecule has 0 saturated carbocycles. The van der Waals surface area contributed by atoms with Gasteiger partial charge in [0.1, 0.15) is 12.6 Å². The van der Waals surface area contributed by atoms with Gasteiger partial charge in [-0.2, -0.15) is 0 Å². The molecule has 0 unspecified atom stereocenters. The Morgan fingerprint density at radius 1 is 0.923 bits per heavy atom. The molecule has 9 heteroatoms. The van der Waals surface area contributed by atoms with Gasteiger partial charge in [0.25, 0.3) is 0 Å². The second kappa shape index (κ2) is 13.9. The molecule has 0 aliphatic rings. The second-order valence-corrected chi connectivity index (χ2v) is 12.9. The number of aryl methyl sites for hydroxylation is 1. The Morgan fingerprint density at radius 3 is 2.10 bits per heavy atom. The third kappa shape index (κ3) is 9.06. The van der Waals surface area contributed by atoms with Crippen molar-refractivity contribution < 1.29 is 18.0 Å². The van der Waals surface area contributed by atoms with Crippen molar-refractivity contribution in [3.63, 3.8) is 0 Å². The molecule has 3 rings (SSSR count). The minimum Gasteiger partial charge on any atom is -0.352 e. The van der Waals surface area contributed by atoms with E-state index in [0.717, 1.165) is 37.2 Å². The third-order valence-electron chi connectivity index (χ3n) is 6.54. The number of hydrogen-bond donors (Lipinski definition) is 1. The number of carbonyl (C=O) groups is 2. The average molecular weight is 662 g/mol. The van der Waals surface area contributed by atoms with E-state index in [2.05, 4.69) is 27.9 Å². The molecule has 39 heavy (non-hydrogen) atoms. The number of nitrogens with zero attached hydrogens (tertiary/aromatic N) is 2. The van der Waals surface area contributed by atoms with Gasteiger partial charge in [0.15, 0.2) is 0 Å². The number of anilines is 1. The molecule has 0 aliphatic carbocycles. The number of hydrogen-bond acceptors (Lipinski definition) is 4. The van der Waals surface area contributed by atoms with Gasteiger partial charge >= 0.3 is 0 Å². The molecule has 0 aromatic heterocycles. The minimum atomic E-state index is -3.78. The Labute approximate surface area is 245 Å². The standard InChI is InChI=1S/C30H36IN3O4S/c1-5-23(3)32-30(36)28(19-24-9-7-6-8-10-24)33(20-25-13-11-22(2)12-14-25)29(35)21-34(39(4,37)38)27-17-15-26(31)16-18-27/h6-18,23,28H,5,19-21H2,1-4H3,(H,32,36)/t23-,28-/m1/s1. The summed E-state index contributed by atoms with van der Waals surface area (Å²) in [4.78, 5) is 29.2. The van der Waals surface area contributed by atoms with Gasteiger partial charge in [-0.15, -0.1) is 0 Å². The summed E-state index contributed by atoms with van der Waals surface area (Å²) < 4.78 is 27.7. The van der Waals surface area contributed by atoms with E-state index in [-0.39, 0.29) is 18.5 Å². The number of rotatable bonds is 12. The van der Waals surface area contributed by atoms with Crippen molar-refractivity contribution >= 4 is 50.1 Å². The van der Waals surface area contributed by atoms with Crippen molar-refractivity contribution in [2.24, 2.45) is 0 Å². The lowest BCUT2D eigenvalue weighted by Gasteiger charge is -2.34. The first-order valence-electron chi connectivity index (χ1n) is 12.9. The molecular weight excluding hydrogens is 625 g/mol. The van der Waals surface area contributed by atoms with Crippen LogP contribution in [0, 0.1) is 10.5 Å². The van der Waals surface area contributed by atoms with Crippen molar-refractivity contribution in [3.05, 3.63) is 99.1 Å². The lowest BCUT2D eigenvalue weighted by atomic mass is 10.0.